The van der Waals surface area contributed by atoms with Gasteiger partial charge in [0.2, 0.25) is 11.8 Å². The molecule has 1 aromatic rings. The van der Waals surface area contributed by atoms with E-state index in [4.69, 9.17) is 11.6 Å². The highest BCUT2D eigenvalue weighted by atomic mass is 35.5. The fourth-order valence-corrected chi connectivity index (χ4v) is 3.99. The highest BCUT2D eigenvalue weighted by molar-refractivity contribution is 6.30. The molecule has 25 heavy (non-hydrogen) atoms. The number of barbiturate groups is 1. The van der Waals surface area contributed by atoms with Crippen molar-refractivity contribution in [1.29, 1.82) is 0 Å². The Morgan fingerprint density at radius 2 is 1.80 bits per heavy atom. The summed E-state index contributed by atoms with van der Waals surface area (Å²) in [6, 6.07) is 6.74. The molecule has 6 heteroatoms. The molecule has 4 amide bonds. The van der Waals surface area contributed by atoms with Crippen molar-refractivity contribution < 1.29 is 14.4 Å². The van der Waals surface area contributed by atoms with Gasteiger partial charge < -0.3 is 0 Å². The lowest BCUT2D eigenvalue weighted by Crippen LogP contribution is -2.60. The number of carbonyl (C=O) groups excluding carboxylic acids is 3. The van der Waals surface area contributed by atoms with Crippen LogP contribution in [0.5, 0.6) is 0 Å². The van der Waals surface area contributed by atoms with Crippen LogP contribution in [0.25, 0.3) is 0 Å². The van der Waals surface area contributed by atoms with E-state index in [2.05, 4.69) is 13.8 Å². The van der Waals surface area contributed by atoms with Gasteiger partial charge in [0.05, 0.1) is 0 Å². The van der Waals surface area contributed by atoms with Crippen molar-refractivity contribution in [2.24, 2.45) is 5.41 Å². The van der Waals surface area contributed by atoms with Crippen LogP contribution in [0.15, 0.2) is 24.3 Å². The molecule has 2 fully saturated rings. The number of hydrogen-bond donors (Lipinski definition) is 0. The minimum Gasteiger partial charge on any atom is -0.274 e. The van der Waals surface area contributed by atoms with Crippen molar-refractivity contribution in [1.82, 2.24) is 9.80 Å². The first-order valence-electron chi connectivity index (χ1n) is 8.70. The molecule has 0 unspecified atom stereocenters. The zero-order valence-corrected chi connectivity index (χ0v) is 15.4. The monoisotopic (exact) mass is 362 g/mol. The number of imide groups is 2. The van der Waals surface area contributed by atoms with E-state index in [1.807, 2.05) is 12.1 Å². The summed E-state index contributed by atoms with van der Waals surface area (Å²) >= 11 is 5.88. The van der Waals surface area contributed by atoms with E-state index in [0.717, 1.165) is 24.8 Å². The molecule has 2 aliphatic rings. The summed E-state index contributed by atoms with van der Waals surface area (Å²) in [7, 11) is 0. The van der Waals surface area contributed by atoms with Crippen molar-refractivity contribution in [3.8, 4) is 0 Å². The SMILES string of the molecule is CC1(C)CCC[C@H]1N1C(=O)CC(=O)N(CCc2ccc(Cl)cc2)C1=O. The Bertz CT molecular complexity index is 699. The summed E-state index contributed by atoms with van der Waals surface area (Å²) in [6.07, 6.45) is 3.11. The van der Waals surface area contributed by atoms with Gasteiger partial charge in [0.15, 0.2) is 0 Å². The molecule has 0 N–H and O–H groups in total. The van der Waals surface area contributed by atoms with Crippen molar-refractivity contribution in [2.45, 2.75) is 52.0 Å². The number of urea groups is 1. The molecule has 1 aliphatic carbocycles. The largest absolute Gasteiger partial charge is 0.333 e. The van der Waals surface area contributed by atoms with Crippen LogP contribution in [0.1, 0.15) is 45.1 Å². The van der Waals surface area contributed by atoms with Crippen LogP contribution >= 0.6 is 11.6 Å². The first-order valence-corrected chi connectivity index (χ1v) is 9.08. The average Bonchev–Trinajstić information content (AvgIpc) is 2.88. The van der Waals surface area contributed by atoms with E-state index in [0.29, 0.717) is 11.4 Å². The van der Waals surface area contributed by atoms with E-state index in [9.17, 15) is 14.4 Å². The molecular formula is C19H23ClN2O3. The number of carbonyl (C=O) groups is 3. The topological polar surface area (TPSA) is 57.7 Å². The molecule has 1 heterocycles. The summed E-state index contributed by atoms with van der Waals surface area (Å²) in [5, 5.41) is 0.647. The number of halogens is 1. The second-order valence-electron chi connectivity index (χ2n) is 7.54. The molecule has 1 aliphatic heterocycles. The van der Waals surface area contributed by atoms with Gasteiger partial charge in [0, 0.05) is 17.6 Å². The quantitative estimate of drug-likeness (QED) is 0.768. The van der Waals surface area contributed by atoms with Crippen molar-refractivity contribution in [2.75, 3.05) is 6.54 Å². The van der Waals surface area contributed by atoms with Crippen LogP contribution < -0.4 is 0 Å². The zero-order valence-electron chi connectivity index (χ0n) is 14.6. The molecule has 3 rings (SSSR count). The zero-order chi connectivity index (χ0) is 18.2. The Labute approximate surface area is 152 Å². The highest BCUT2D eigenvalue weighted by Gasteiger charge is 2.48. The number of amides is 4. The molecule has 0 bridgehead atoms. The van der Waals surface area contributed by atoms with Gasteiger partial charge in [0.1, 0.15) is 6.42 Å². The molecule has 1 saturated carbocycles. The van der Waals surface area contributed by atoms with Gasteiger partial charge in [-0.1, -0.05) is 44.0 Å². The number of rotatable bonds is 4. The van der Waals surface area contributed by atoms with Crippen LogP contribution in [0.4, 0.5) is 4.79 Å². The molecule has 1 aromatic carbocycles. The van der Waals surface area contributed by atoms with Crippen molar-refractivity contribution in [3.63, 3.8) is 0 Å². The van der Waals surface area contributed by atoms with Crippen LogP contribution in [0, 0.1) is 5.41 Å². The smallest absolute Gasteiger partial charge is 0.274 e. The third-order valence-electron chi connectivity index (χ3n) is 5.36. The summed E-state index contributed by atoms with van der Waals surface area (Å²) in [6.45, 7) is 4.44. The fourth-order valence-electron chi connectivity index (χ4n) is 3.86. The molecule has 0 radical (unpaired) electrons. The van der Waals surface area contributed by atoms with Gasteiger partial charge in [-0.3, -0.25) is 19.4 Å². The van der Waals surface area contributed by atoms with Crippen LogP contribution in [-0.4, -0.2) is 40.2 Å². The lowest BCUT2D eigenvalue weighted by atomic mass is 9.86. The Morgan fingerprint density at radius 3 is 2.40 bits per heavy atom. The maximum absolute atomic E-state index is 12.9. The minimum absolute atomic E-state index is 0.104. The van der Waals surface area contributed by atoms with Crippen molar-refractivity contribution in [3.05, 3.63) is 34.9 Å². The predicted octanol–water partition coefficient (Wildman–Crippen LogP) is 3.64. The Hall–Kier alpha value is -1.88. The molecule has 0 aromatic heterocycles. The van der Waals surface area contributed by atoms with E-state index >= 15 is 0 Å². The fraction of sp³-hybridized carbons (Fsp3) is 0.526. The van der Waals surface area contributed by atoms with Crippen LogP contribution in [0.3, 0.4) is 0 Å². The maximum atomic E-state index is 12.9. The Morgan fingerprint density at radius 1 is 1.12 bits per heavy atom. The second kappa shape index (κ2) is 6.79. The van der Waals surface area contributed by atoms with Crippen LogP contribution in [0.2, 0.25) is 5.02 Å². The predicted molar refractivity (Wildman–Crippen MR) is 95.1 cm³/mol. The van der Waals surface area contributed by atoms with E-state index in [1.165, 1.54) is 9.80 Å². The number of benzene rings is 1. The van der Waals surface area contributed by atoms with Gasteiger partial charge >= 0.3 is 6.03 Å². The summed E-state index contributed by atoms with van der Waals surface area (Å²) < 4.78 is 0. The molecule has 134 valence electrons. The Kier molecular flexibility index (Phi) is 4.87. The highest BCUT2D eigenvalue weighted by Crippen LogP contribution is 2.41. The van der Waals surface area contributed by atoms with Crippen LogP contribution in [-0.2, 0) is 16.0 Å². The lowest BCUT2D eigenvalue weighted by molar-refractivity contribution is -0.145. The normalized spacial score (nSPS) is 23.5. The van der Waals surface area contributed by atoms with E-state index in [-0.39, 0.29) is 30.3 Å². The van der Waals surface area contributed by atoms with Gasteiger partial charge in [-0.2, -0.15) is 0 Å². The third-order valence-corrected chi connectivity index (χ3v) is 5.61. The number of nitrogens with zero attached hydrogens (tertiary/aromatic N) is 2. The molecule has 1 atom stereocenters. The number of hydrogen-bond acceptors (Lipinski definition) is 3. The Balaban J connectivity index is 1.75. The average molecular weight is 363 g/mol. The third kappa shape index (κ3) is 3.56. The second-order valence-corrected chi connectivity index (χ2v) is 7.98. The molecule has 0 spiro atoms. The molecular weight excluding hydrogens is 340 g/mol. The van der Waals surface area contributed by atoms with Gasteiger partial charge in [-0.25, -0.2) is 4.79 Å². The summed E-state index contributed by atoms with van der Waals surface area (Å²) in [4.78, 5) is 40.1. The van der Waals surface area contributed by atoms with Crippen molar-refractivity contribution >= 4 is 29.4 Å². The summed E-state index contributed by atoms with van der Waals surface area (Å²) in [5.41, 5.74) is 0.891. The van der Waals surface area contributed by atoms with E-state index in [1.54, 1.807) is 12.1 Å². The van der Waals surface area contributed by atoms with E-state index < -0.39 is 11.9 Å². The van der Waals surface area contributed by atoms with Gasteiger partial charge in [0.25, 0.3) is 0 Å². The lowest BCUT2D eigenvalue weighted by Gasteiger charge is -2.41. The van der Waals surface area contributed by atoms with Gasteiger partial charge in [-0.15, -0.1) is 0 Å². The maximum Gasteiger partial charge on any atom is 0.333 e. The molecule has 1 saturated heterocycles. The van der Waals surface area contributed by atoms with Gasteiger partial charge in [-0.05, 0) is 42.4 Å². The summed E-state index contributed by atoms with van der Waals surface area (Å²) in [5.74, 6) is -0.770. The minimum atomic E-state index is -0.463. The standard InChI is InChI=1S/C19H23ClN2O3/c1-19(2)10-3-4-15(19)22-17(24)12-16(23)21(18(22)25)11-9-13-5-7-14(20)8-6-13/h5-8,15H,3-4,9-12H2,1-2H3/t15-/m1/s1. The first kappa shape index (κ1) is 17.9. The molecule has 5 nitrogen and oxygen atoms in total. The first-order chi connectivity index (χ1) is 11.8.